The van der Waals surface area contributed by atoms with E-state index in [9.17, 15) is 4.79 Å². The average molecular weight is 389 g/mol. The van der Waals surface area contributed by atoms with Crippen molar-refractivity contribution in [3.63, 3.8) is 0 Å². The third-order valence-corrected chi connectivity index (χ3v) is 4.53. The standard InChI is InChI=1S/C24H27N3O2/c1-26(2)18-19-9-7-10-20(17-19)22-13-8-14-25-23(22)24(28)27(3)15-16-29-21-11-5-4-6-12-21/h4-14,17H,15-16,18H2,1-3H3. The molecule has 0 aliphatic rings. The lowest BCUT2D eigenvalue weighted by Crippen LogP contribution is -2.31. The molecule has 1 aromatic heterocycles. The summed E-state index contributed by atoms with van der Waals surface area (Å²) >= 11 is 0. The molecule has 0 N–H and O–H groups in total. The van der Waals surface area contributed by atoms with Gasteiger partial charge in [0.05, 0.1) is 6.54 Å². The number of hydrogen-bond acceptors (Lipinski definition) is 4. The summed E-state index contributed by atoms with van der Waals surface area (Å²) in [5.74, 6) is 0.680. The summed E-state index contributed by atoms with van der Waals surface area (Å²) < 4.78 is 5.71. The largest absolute Gasteiger partial charge is 0.492 e. The topological polar surface area (TPSA) is 45.7 Å². The maximum atomic E-state index is 13.0. The third kappa shape index (κ3) is 5.65. The van der Waals surface area contributed by atoms with Gasteiger partial charge in [0.25, 0.3) is 5.91 Å². The van der Waals surface area contributed by atoms with Crippen molar-refractivity contribution in [2.24, 2.45) is 0 Å². The maximum absolute atomic E-state index is 13.0. The smallest absolute Gasteiger partial charge is 0.272 e. The van der Waals surface area contributed by atoms with E-state index in [1.807, 2.05) is 68.7 Å². The molecule has 0 fully saturated rings. The number of aromatic nitrogens is 1. The lowest BCUT2D eigenvalue weighted by molar-refractivity contribution is 0.0769. The van der Waals surface area contributed by atoms with Crippen molar-refractivity contribution in [3.05, 3.63) is 84.2 Å². The highest BCUT2D eigenvalue weighted by Gasteiger charge is 2.18. The third-order valence-electron chi connectivity index (χ3n) is 4.53. The van der Waals surface area contributed by atoms with Gasteiger partial charge >= 0.3 is 0 Å². The van der Waals surface area contributed by atoms with E-state index in [0.29, 0.717) is 18.8 Å². The number of carbonyl (C=O) groups excluding carboxylic acids is 1. The quantitative estimate of drug-likeness (QED) is 0.585. The Morgan fingerprint density at radius 1 is 0.966 bits per heavy atom. The molecule has 0 saturated heterocycles. The van der Waals surface area contributed by atoms with Gasteiger partial charge in [0.2, 0.25) is 0 Å². The minimum Gasteiger partial charge on any atom is -0.492 e. The number of benzene rings is 2. The van der Waals surface area contributed by atoms with Gasteiger partial charge in [0, 0.05) is 25.4 Å². The van der Waals surface area contributed by atoms with E-state index in [0.717, 1.165) is 23.4 Å². The average Bonchev–Trinajstić information content (AvgIpc) is 2.73. The van der Waals surface area contributed by atoms with Gasteiger partial charge in [0.1, 0.15) is 18.1 Å². The van der Waals surface area contributed by atoms with Crippen LogP contribution < -0.4 is 4.74 Å². The molecule has 0 aliphatic carbocycles. The molecule has 0 atom stereocenters. The molecule has 0 aliphatic heterocycles. The molecular weight excluding hydrogens is 362 g/mol. The zero-order valence-corrected chi connectivity index (χ0v) is 17.2. The second kappa shape index (κ2) is 9.85. The van der Waals surface area contributed by atoms with Crippen LogP contribution in [0.25, 0.3) is 11.1 Å². The van der Waals surface area contributed by atoms with E-state index < -0.39 is 0 Å². The summed E-state index contributed by atoms with van der Waals surface area (Å²) in [5.41, 5.74) is 3.49. The van der Waals surface area contributed by atoms with Crippen LogP contribution in [-0.2, 0) is 6.54 Å². The fourth-order valence-corrected chi connectivity index (χ4v) is 3.11. The van der Waals surface area contributed by atoms with Crippen LogP contribution >= 0.6 is 0 Å². The second-order valence-electron chi connectivity index (χ2n) is 7.23. The van der Waals surface area contributed by atoms with Gasteiger partial charge in [-0.25, -0.2) is 0 Å². The van der Waals surface area contributed by atoms with Crippen LogP contribution in [0.5, 0.6) is 5.75 Å². The van der Waals surface area contributed by atoms with E-state index in [1.54, 1.807) is 18.1 Å². The molecule has 150 valence electrons. The van der Waals surface area contributed by atoms with Crippen LogP contribution in [0.2, 0.25) is 0 Å². The van der Waals surface area contributed by atoms with E-state index in [1.165, 1.54) is 5.56 Å². The van der Waals surface area contributed by atoms with Gasteiger partial charge in [-0.1, -0.05) is 42.5 Å². The lowest BCUT2D eigenvalue weighted by Gasteiger charge is -2.19. The first-order valence-corrected chi connectivity index (χ1v) is 9.67. The Kier molecular flexibility index (Phi) is 6.98. The van der Waals surface area contributed by atoms with Crippen LogP contribution in [0.4, 0.5) is 0 Å². The Bertz CT molecular complexity index is 942. The molecule has 3 aromatic rings. The molecule has 0 spiro atoms. The van der Waals surface area contributed by atoms with Crippen molar-refractivity contribution in [2.75, 3.05) is 34.3 Å². The molecule has 0 saturated carbocycles. The van der Waals surface area contributed by atoms with E-state index in [4.69, 9.17) is 4.74 Å². The minimum absolute atomic E-state index is 0.115. The number of likely N-dealkylation sites (N-methyl/N-ethyl adjacent to an activating group) is 1. The second-order valence-corrected chi connectivity index (χ2v) is 7.23. The van der Waals surface area contributed by atoms with Crippen molar-refractivity contribution in [1.29, 1.82) is 0 Å². The monoisotopic (exact) mass is 389 g/mol. The van der Waals surface area contributed by atoms with Gasteiger partial charge in [-0.3, -0.25) is 9.78 Å². The van der Waals surface area contributed by atoms with Crippen molar-refractivity contribution in [1.82, 2.24) is 14.8 Å². The number of ether oxygens (including phenoxy) is 1. The highest BCUT2D eigenvalue weighted by molar-refractivity contribution is 5.98. The first-order valence-electron chi connectivity index (χ1n) is 9.67. The fourth-order valence-electron chi connectivity index (χ4n) is 3.11. The van der Waals surface area contributed by atoms with Gasteiger partial charge in [-0.2, -0.15) is 0 Å². The summed E-state index contributed by atoms with van der Waals surface area (Å²) in [5, 5.41) is 0. The molecule has 29 heavy (non-hydrogen) atoms. The van der Waals surface area contributed by atoms with Crippen LogP contribution in [0, 0.1) is 0 Å². The summed E-state index contributed by atoms with van der Waals surface area (Å²) in [4.78, 5) is 21.2. The fraction of sp³-hybridized carbons (Fsp3) is 0.250. The van der Waals surface area contributed by atoms with E-state index in [-0.39, 0.29) is 5.91 Å². The van der Waals surface area contributed by atoms with Gasteiger partial charge in [-0.05, 0) is 49.5 Å². The number of pyridine rings is 1. The Morgan fingerprint density at radius 2 is 1.76 bits per heavy atom. The predicted molar refractivity (Wildman–Crippen MR) is 116 cm³/mol. The van der Waals surface area contributed by atoms with E-state index >= 15 is 0 Å². The molecule has 1 amide bonds. The molecule has 2 aromatic carbocycles. The molecule has 0 radical (unpaired) electrons. The lowest BCUT2D eigenvalue weighted by atomic mass is 10.0. The maximum Gasteiger partial charge on any atom is 0.272 e. The summed E-state index contributed by atoms with van der Waals surface area (Å²) in [6.07, 6.45) is 1.66. The van der Waals surface area contributed by atoms with Crippen LogP contribution in [0.15, 0.2) is 72.9 Å². The minimum atomic E-state index is -0.115. The first-order chi connectivity index (χ1) is 14.0. The van der Waals surface area contributed by atoms with E-state index in [2.05, 4.69) is 22.0 Å². The van der Waals surface area contributed by atoms with Crippen molar-refractivity contribution in [2.45, 2.75) is 6.54 Å². The number of rotatable bonds is 8. The summed E-state index contributed by atoms with van der Waals surface area (Å²) in [6, 6.07) is 21.7. The number of hydrogen-bond donors (Lipinski definition) is 0. The number of carbonyl (C=O) groups is 1. The van der Waals surface area contributed by atoms with Crippen LogP contribution in [-0.4, -0.2) is 55.0 Å². The Hall–Kier alpha value is -3.18. The van der Waals surface area contributed by atoms with Crippen molar-refractivity contribution in [3.8, 4) is 16.9 Å². The van der Waals surface area contributed by atoms with Gasteiger partial charge < -0.3 is 14.5 Å². The van der Waals surface area contributed by atoms with Gasteiger partial charge in [0.15, 0.2) is 0 Å². The normalized spacial score (nSPS) is 10.8. The Morgan fingerprint density at radius 3 is 2.52 bits per heavy atom. The number of amides is 1. The Labute approximate surface area is 172 Å². The highest BCUT2D eigenvalue weighted by Crippen LogP contribution is 2.24. The predicted octanol–water partition coefficient (Wildman–Crippen LogP) is 3.96. The summed E-state index contributed by atoms with van der Waals surface area (Å²) in [6.45, 7) is 1.74. The molecule has 0 unspecified atom stereocenters. The Balaban J connectivity index is 1.73. The zero-order chi connectivity index (χ0) is 20.6. The highest BCUT2D eigenvalue weighted by atomic mass is 16.5. The molecule has 3 rings (SSSR count). The molecule has 0 bridgehead atoms. The molecular formula is C24H27N3O2. The summed E-state index contributed by atoms with van der Waals surface area (Å²) in [7, 11) is 5.86. The number of nitrogens with zero attached hydrogens (tertiary/aromatic N) is 3. The number of para-hydroxylation sites is 1. The van der Waals surface area contributed by atoms with Gasteiger partial charge in [-0.15, -0.1) is 0 Å². The first kappa shape index (κ1) is 20.6. The SMILES string of the molecule is CN(C)Cc1cccc(-c2cccnc2C(=O)N(C)CCOc2ccccc2)c1. The molecule has 5 heteroatoms. The van der Waals surface area contributed by atoms with Crippen LogP contribution in [0.1, 0.15) is 16.1 Å². The molecule has 5 nitrogen and oxygen atoms in total. The zero-order valence-electron chi connectivity index (χ0n) is 17.2. The molecule has 1 heterocycles. The van der Waals surface area contributed by atoms with Crippen molar-refractivity contribution >= 4 is 5.91 Å². The van der Waals surface area contributed by atoms with Crippen LogP contribution in [0.3, 0.4) is 0 Å². The van der Waals surface area contributed by atoms with Crippen molar-refractivity contribution < 1.29 is 9.53 Å².